The maximum absolute atomic E-state index is 6.14. The largest absolute Gasteiger partial charge is 0.339 e. The van der Waals surface area contributed by atoms with Crippen LogP contribution < -0.4 is 5.73 Å². The first-order chi connectivity index (χ1) is 8.83. The molecule has 0 radical (unpaired) electrons. The van der Waals surface area contributed by atoms with E-state index in [-0.39, 0.29) is 6.04 Å². The molecule has 2 atom stereocenters. The fraction of sp³-hybridized carbons (Fsp3) is 0.538. The molecule has 18 heavy (non-hydrogen) atoms. The fourth-order valence-corrected chi connectivity index (χ4v) is 3.21. The third-order valence-corrected chi connectivity index (χ3v) is 4.48. The lowest BCUT2D eigenvalue weighted by Gasteiger charge is -2.27. The van der Waals surface area contributed by atoms with E-state index in [1.165, 1.54) is 19.3 Å². The van der Waals surface area contributed by atoms with Gasteiger partial charge < -0.3 is 10.3 Å². The quantitative estimate of drug-likeness (QED) is 0.924. The molecule has 1 fully saturated rings. The van der Waals surface area contributed by atoms with E-state index in [0.29, 0.717) is 11.7 Å². The van der Waals surface area contributed by atoms with Crippen LogP contribution in [0.15, 0.2) is 22.0 Å². The maximum atomic E-state index is 6.14. The predicted octanol–water partition coefficient (Wildman–Crippen LogP) is 2.86. The second kappa shape index (κ2) is 5.20. The molecule has 2 N–H and O–H groups in total. The molecule has 5 heteroatoms. The van der Waals surface area contributed by atoms with Crippen LogP contribution in [0.5, 0.6) is 0 Å². The normalized spacial score (nSPS) is 24.3. The number of rotatable bonds is 3. The molecule has 0 amide bonds. The molecule has 4 nitrogen and oxygen atoms in total. The zero-order chi connectivity index (χ0) is 12.4. The van der Waals surface area contributed by atoms with Crippen LogP contribution in [0.3, 0.4) is 0 Å². The van der Waals surface area contributed by atoms with Crippen LogP contribution in [0.2, 0.25) is 0 Å². The summed E-state index contributed by atoms with van der Waals surface area (Å²) in [6.07, 6.45) is 5.64. The van der Waals surface area contributed by atoms with Gasteiger partial charge in [0.25, 0.3) is 0 Å². The van der Waals surface area contributed by atoms with E-state index in [0.717, 1.165) is 23.6 Å². The van der Waals surface area contributed by atoms with Crippen LogP contribution in [0.1, 0.15) is 31.6 Å². The molecule has 2 heterocycles. The van der Waals surface area contributed by atoms with Gasteiger partial charge in [-0.1, -0.05) is 24.1 Å². The Balaban J connectivity index is 1.70. The smallest absolute Gasteiger partial charge is 0.227 e. The second-order valence-electron chi connectivity index (χ2n) is 4.90. The number of hydrogen-bond donors (Lipinski definition) is 1. The van der Waals surface area contributed by atoms with Gasteiger partial charge in [0.2, 0.25) is 11.7 Å². The van der Waals surface area contributed by atoms with E-state index < -0.39 is 0 Å². The molecule has 1 saturated carbocycles. The van der Waals surface area contributed by atoms with E-state index in [1.807, 2.05) is 17.5 Å². The Morgan fingerprint density at radius 2 is 2.28 bits per heavy atom. The Kier molecular flexibility index (Phi) is 3.43. The molecule has 0 bridgehead atoms. The van der Waals surface area contributed by atoms with Gasteiger partial charge in [-0.25, -0.2) is 0 Å². The van der Waals surface area contributed by atoms with Crippen LogP contribution in [-0.4, -0.2) is 16.2 Å². The van der Waals surface area contributed by atoms with Gasteiger partial charge in [-0.3, -0.25) is 0 Å². The summed E-state index contributed by atoms with van der Waals surface area (Å²) in [5, 5.41) is 6.05. The van der Waals surface area contributed by atoms with Gasteiger partial charge in [-0.15, -0.1) is 11.3 Å². The standard InChI is InChI=1S/C13H17N3OS/c14-10-5-2-1-4-9(10)8-12-15-13(16-17-12)11-6-3-7-18-11/h3,6-7,9-10H,1-2,4-5,8,14H2. The molecular weight excluding hydrogens is 246 g/mol. The van der Waals surface area contributed by atoms with Gasteiger partial charge in [-0.05, 0) is 30.2 Å². The number of nitrogens with two attached hydrogens (primary N) is 1. The van der Waals surface area contributed by atoms with Crippen molar-refractivity contribution in [2.24, 2.45) is 11.7 Å². The lowest BCUT2D eigenvalue weighted by molar-refractivity contribution is 0.273. The Hall–Kier alpha value is -1.20. The molecule has 0 aromatic carbocycles. The van der Waals surface area contributed by atoms with Gasteiger partial charge in [0.15, 0.2) is 0 Å². The molecule has 2 unspecified atom stereocenters. The van der Waals surface area contributed by atoms with Gasteiger partial charge in [-0.2, -0.15) is 4.98 Å². The van der Waals surface area contributed by atoms with E-state index in [4.69, 9.17) is 10.3 Å². The first kappa shape index (κ1) is 11.9. The highest BCUT2D eigenvalue weighted by Gasteiger charge is 2.24. The molecule has 0 spiro atoms. The van der Waals surface area contributed by atoms with Crippen molar-refractivity contribution in [3.05, 3.63) is 23.4 Å². The summed E-state index contributed by atoms with van der Waals surface area (Å²) in [5.41, 5.74) is 6.14. The first-order valence-electron chi connectivity index (χ1n) is 6.45. The van der Waals surface area contributed by atoms with Crippen molar-refractivity contribution >= 4 is 11.3 Å². The molecule has 1 aliphatic rings. The number of aromatic nitrogens is 2. The number of hydrogen-bond acceptors (Lipinski definition) is 5. The summed E-state index contributed by atoms with van der Waals surface area (Å²) in [6, 6.07) is 4.29. The highest BCUT2D eigenvalue weighted by molar-refractivity contribution is 7.13. The van der Waals surface area contributed by atoms with E-state index in [9.17, 15) is 0 Å². The van der Waals surface area contributed by atoms with Crippen molar-refractivity contribution in [1.82, 2.24) is 10.1 Å². The van der Waals surface area contributed by atoms with Crippen molar-refractivity contribution in [1.29, 1.82) is 0 Å². The molecule has 2 aromatic rings. The van der Waals surface area contributed by atoms with Crippen LogP contribution in [0.4, 0.5) is 0 Å². The van der Waals surface area contributed by atoms with Gasteiger partial charge in [0.1, 0.15) is 0 Å². The first-order valence-corrected chi connectivity index (χ1v) is 7.33. The van der Waals surface area contributed by atoms with Crippen molar-refractivity contribution in [2.75, 3.05) is 0 Å². The zero-order valence-corrected chi connectivity index (χ0v) is 11.0. The summed E-state index contributed by atoms with van der Waals surface area (Å²) >= 11 is 1.63. The summed E-state index contributed by atoms with van der Waals surface area (Å²) in [5.74, 6) is 1.92. The van der Waals surface area contributed by atoms with Crippen molar-refractivity contribution < 1.29 is 4.52 Å². The SMILES string of the molecule is NC1CCCCC1Cc1nc(-c2cccs2)no1. The lowest BCUT2D eigenvalue weighted by atomic mass is 9.83. The molecule has 2 aromatic heterocycles. The molecule has 0 saturated heterocycles. The van der Waals surface area contributed by atoms with E-state index >= 15 is 0 Å². The van der Waals surface area contributed by atoms with Crippen LogP contribution in [-0.2, 0) is 6.42 Å². The summed E-state index contributed by atoms with van der Waals surface area (Å²) in [4.78, 5) is 5.51. The average molecular weight is 263 g/mol. The molecular formula is C13H17N3OS. The van der Waals surface area contributed by atoms with E-state index in [2.05, 4.69) is 10.1 Å². The second-order valence-corrected chi connectivity index (χ2v) is 5.85. The fourth-order valence-electron chi connectivity index (χ4n) is 2.56. The Morgan fingerprint density at radius 1 is 1.39 bits per heavy atom. The lowest BCUT2D eigenvalue weighted by Crippen LogP contribution is -2.34. The molecule has 1 aliphatic carbocycles. The third-order valence-electron chi connectivity index (χ3n) is 3.61. The van der Waals surface area contributed by atoms with Crippen molar-refractivity contribution in [3.63, 3.8) is 0 Å². The van der Waals surface area contributed by atoms with Gasteiger partial charge in [0, 0.05) is 12.5 Å². The summed E-state index contributed by atoms with van der Waals surface area (Å²) < 4.78 is 5.33. The minimum absolute atomic E-state index is 0.288. The molecule has 96 valence electrons. The van der Waals surface area contributed by atoms with Crippen molar-refractivity contribution in [2.45, 2.75) is 38.1 Å². The minimum atomic E-state index is 0.288. The molecule has 3 rings (SSSR count). The Labute approximate surface area is 110 Å². The minimum Gasteiger partial charge on any atom is -0.339 e. The van der Waals surface area contributed by atoms with E-state index in [1.54, 1.807) is 11.3 Å². The highest BCUT2D eigenvalue weighted by Crippen LogP contribution is 2.27. The monoisotopic (exact) mass is 263 g/mol. The third kappa shape index (κ3) is 2.47. The van der Waals surface area contributed by atoms with Crippen LogP contribution >= 0.6 is 11.3 Å². The summed E-state index contributed by atoms with van der Waals surface area (Å²) in [6.45, 7) is 0. The Bertz CT molecular complexity index is 494. The molecule has 0 aliphatic heterocycles. The summed E-state index contributed by atoms with van der Waals surface area (Å²) in [7, 11) is 0. The van der Waals surface area contributed by atoms with Gasteiger partial charge >= 0.3 is 0 Å². The van der Waals surface area contributed by atoms with Crippen LogP contribution in [0.25, 0.3) is 10.7 Å². The van der Waals surface area contributed by atoms with Gasteiger partial charge in [0.05, 0.1) is 4.88 Å². The van der Waals surface area contributed by atoms with Crippen LogP contribution in [0, 0.1) is 5.92 Å². The number of thiophene rings is 1. The average Bonchev–Trinajstić information content (AvgIpc) is 3.02. The highest BCUT2D eigenvalue weighted by atomic mass is 32.1. The Morgan fingerprint density at radius 3 is 3.06 bits per heavy atom. The number of nitrogens with zero attached hydrogens (tertiary/aromatic N) is 2. The zero-order valence-electron chi connectivity index (χ0n) is 10.2. The maximum Gasteiger partial charge on any atom is 0.227 e. The predicted molar refractivity (Wildman–Crippen MR) is 71.2 cm³/mol. The van der Waals surface area contributed by atoms with Crippen molar-refractivity contribution in [3.8, 4) is 10.7 Å². The topological polar surface area (TPSA) is 64.9 Å².